The molecular formula is C5H10B. The van der Waals surface area contributed by atoms with Crippen LogP contribution in [-0.4, -0.2) is 13.5 Å². The molecule has 0 aliphatic carbocycles. The Morgan fingerprint density at radius 1 is 1.83 bits per heavy atom. The van der Waals surface area contributed by atoms with E-state index >= 15 is 0 Å². The normalized spacial score (nSPS) is 13.5. The van der Waals surface area contributed by atoms with Gasteiger partial charge in [-0.15, -0.1) is 0 Å². The zero-order valence-corrected chi connectivity index (χ0v) is 4.44. The van der Waals surface area contributed by atoms with Crippen LogP contribution in [0.25, 0.3) is 0 Å². The molecule has 1 atom stereocenters. The molecule has 33 valence electrons. The van der Waals surface area contributed by atoms with E-state index in [4.69, 9.17) is 7.49 Å². The van der Waals surface area contributed by atoms with E-state index in [1.807, 2.05) is 0 Å². The minimum absolute atomic E-state index is 0.588. The zero-order chi connectivity index (χ0) is 4.99. The van der Waals surface area contributed by atoms with Gasteiger partial charge in [0.15, 0.2) is 0 Å². The number of rotatable bonds is 2. The molecule has 0 fully saturated rings. The Bertz CT molecular complexity index is 41.2. The van der Waals surface area contributed by atoms with Crippen molar-refractivity contribution in [3.05, 3.63) is 0 Å². The predicted octanol–water partition coefficient (Wildman–Crippen LogP) is 1.00. The topological polar surface area (TPSA) is 0 Å². The van der Waals surface area contributed by atoms with E-state index in [-0.39, 0.29) is 0 Å². The van der Waals surface area contributed by atoms with Crippen molar-refractivity contribution in [2.45, 2.75) is 20.3 Å². The molecule has 1 radical (unpaired) electrons. The van der Waals surface area contributed by atoms with Gasteiger partial charge in [0.1, 0.15) is 0 Å². The summed E-state index contributed by atoms with van der Waals surface area (Å²) in [6.07, 6.45) is 1.15. The van der Waals surface area contributed by atoms with E-state index in [1.165, 1.54) is 0 Å². The van der Waals surface area contributed by atoms with Crippen molar-refractivity contribution < 1.29 is 0 Å². The van der Waals surface area contributed by atoms with Gasteiger partial charge in [0.25, 0.3) is 0 Å². The van der Waals surface area contributed by atoms with Crippen LogP contribution in [0, 0.1) is 5.92 Å². The Balaban J connectivity index is 2.96. The third-order valence-corrected chi connectivity index (χ3v) is 0.972. The molecular weight excluding hydrogens is 70.9 g/mol. The molecule has 0 aromatic heterocycles. The third kappa shape index (κ3) is 2.19. The summed E-state index contributed by atoms with van der Waals surface area (Å²) < 4.78 is 0. The molecule has 1 heteroatoms. The minimum atomic E-state index is 0.588. The van der Waals surface area contributed by atoms with Crippen molar-refractivity contribution in [2.75, 3.05) is 0 Å². The Hall–Kier alpha value is -0.0651. The Morgan fingerprint density at radius 2 is 2.33 bits per heavy atom. The second kappa shape index (κ2) is 3.14. The molecule has 0 nitrogen and oxygen atoms in total. The molecule has 0 aromatic rings. The summed E-state index contributed by atoms with van der Waals surface area (Å²) in [6.45, 7) is 4.22. The van der Waals surface area contributed by atoms with Crippen LogP contribution in [-0.2, 0) is 0 Å². The SMILES string of the molecule is [B]=C[C@@H](C)CC. The maximum atomic E-state index is 5.16. The fourth-order valence-corrected chi connectivity index (χ4v) is 0.136. The van der Waals surface area contributed by atoms with Gasteiger partial charge >= 0.3 is 39.6 Å². The van der Waals surface area contributed by atoms with Gasteiger partial charge in [-0.1, -0.05) is 0 Å². The average molecular weight is 80.9 g/mol. The zero-order valence-electron chi connectivity index (χ0n) is 4.44. The van der Waals surface area contributed by atoms with Crippen LogP contribution < -0.4 is 0 Å². The molecule has 0 rings (SSSR count). The summed E-state index contributed by atoms with van der Waals surface area (Å²) >= 11 is 0. The molecule has 0 saturated carbocycles. The molecule has 0 aromatic carbocycles. The van der Waals surface area contributed by atoms with Crippen LogP contribution in [0.5, 0.6) is 0 Å². The van der Waals surface area contributed by atoms with Gasteiger partial charge in [0.05, 0.1) is 0 Å². The molecule has 0 saturated heterocycles. The molecule has 0 unspecified atom stereocenters. The summed E-state index contributed by atoms with van der Waals surface area (Å²) in [7, 11) is 5.16. The van der Waals surface area contributed by atoms with Gasteiger partial charge in [0.2, 0.25) is 0 Å². The first kappa shape index (κ1) is 5.93. The van der Waals surface area contributed by atoms with Gasteiger partial charge in [0, 0.05) is 0 Å². The van der Waals surface area contributed by atoms with E-state index in [1.54, 1.807) is 5.97 Å². The van der Waals surface area contributed by atoms with Crippen molar-refractivity contribution >= 4 is 13.5 Å². The first-order valence-corrected chi connectivity index (χ1v) is 2.36. The van der Waals surface area contributed by atoms with Gasteiger partial charge in [-0.2, -0.15) is 0 Å². The van der Waals surface area contributed by atoms with Gasteiger partial charge in [-0.05, 0) is 0 Å². The first-order valence-electron chi connectivity index (χ1n) is 2.36. The van der Waals surface area contributed by atoms with Gasteiger partial charge in [-0.25, -0.2) is 0 Å². The quantitative estimate of drug-likeness (QED) is 0.435. The Labute approximate surface area is 40.6 Å². The first-order chi connectivity index (χ1) is 2.81. The standard InChI is InChI=1S/C5H10B/c1-3-5(2)4-6/h4-5H,3H2,1-2H3/t5-/m0/s1. The van der Waals surface area contributed by atoms with Gasteiger partial charge in [-0.3, -0.25) is 0 Å². The second-order valence-electron chi connectivity index (χ2n) is 1.58. The van der Waals surface area contributed by atoms with Crippen LogP contribution in [0.15, 0.2) is 0 Å². The fourth-order valence-electron chi connectivity index (χ4n) is 0.136. The summed E-state index contributed by atoms with van der Waals surface area (Å²) in [5.74, 6) is 2.31. The monoisotopic (exact) mass is 81.1 g/mol. The molecule has 0 aliphatic heterocycles. The molecule has 0 bridgehead atoms. The molecule has 0 spiro atoms. The third-order valence-electron chi connectivity index (χ3n) is 0.972. The summed E-state index contributed by atoms with van der Waals surface area (Å²) in [6, 6.07) is 0. The molecule has 0 aliphatic rings. The van der Waals surface area contributed by atoms with E-state index in [9.17, 15) is 0 Å². The van der Waals surface area contributed by atoms with Crippen molar-refractivity contribution in [1.82, 2.24) is 0 Å². The van der Waals surface area contributed by atoms with Crippen molar-refractivity contribution in [3.8, 4) is 0 Å². The summed E-state index contributed by atoms with van der Waals surface area (Å²) in [4.78, 5) is 0. The van der Waals surface area contributed by atoms with E-state index in [2.05, 4.69) is 13.8 Å². The second-order valence-corrected chi connectivity index (χ2v) is 1.58. The molecule has 0 N–H and O–H groups in total. The van der Waals surface area contributed by atoms with Crippen molar-refractivity contribution in [3.63, 3.8) is 0 Å². The van der Waals surface area contributed by atoms with Crippen molar-refractivity contribution in [1.29, 1.82) is 0 Å². The van der Waals surface area contributed by atoms with Crippen LogP contribution in [0.3, 0.4) is 0 Å². The Morgan fingerprint density at radius 3 is 2.33 bits per heavy atom. The van der Waals surface area contributed by atoms with Crippen LogP contribution in [0.2, 0.25) is 0 Å². The van der Waals surface area contributed by atoms with Crippen LogP contribution >= 0.6 is 0 Å². The predicted molar refractivity (Wildman–Crippen MR) is 31.3 cm³/mol. The molecule has 0 amide bonds. The number of hydrogen-bond acceptors (Lipinski definition) is 0. The summed E-state index contributed by atoms with van der Waals surface area (Å²) in [5, 5.41) is 0. The van der Waals surface area contributed by atoms with E-state index in [0.717, 1.165) is 6.42 Å². The van der Waals surface area contributed by atoms with Crippen LogP contribution in [0.1, 0.15) is 20.3 Å². The fraction of sp³-hybridized carbons (Fsp3) is 0.800. The number of hydrogen-bond donors (Lipinski definition) is 0. The van der Waals surface area contributed by atoms with E-state index < -0.39 is 0 Å². The maximum absolute atomic E-state index is 5.16. The Kier molecular flexibility index (Phi) is 3.10. The van der Waals surface area contributed by atoms with E-state index in [0.29, 0.717) is 5.92 Å². The molecule has 6 heavy (non-hydrogen) atoms. The molecule has 0 heterocycles. The summed E-state index contributed by atoms with van der Waals surface area (Å²) in [5.41, 5.74) is 0. The van der Waals surface area contributed by atoms with Crippen LogP contribution in [0.4, 0.5) is 0 Å². The van der Waals surface area contributed by atoms with Crippen molar-refractivity contribution in [2.24, 2.45) is 5.92 Å². The average Bonchev–Trinajstić information content (AvgIpc) is 1.65. The van der Waals surface area contributed by atoms with Gasteiger partial charge < -0.3 is 0 Å².